The van der Waals surface area contributed by atoms with E-state index in [9.17, 15) is 14.6 Å². The van der Waals surface area contributed by atoms with E-state index in [1.54, 1.807) is 6.20 Å². The first-order valence-electron chi connectivity index (χ1n) is 11.1. The molecular weight excluding hydrogens is 431 g/mol. The SMILES string of the molecule is CC1NNc2ccc(-c3cc(NC(CO)c4ccccc4)cnc3-c3cc(F)ccc3O)cc21. The Hall–Kier alpha value is -3.94. The van der Waals surface area contributed by atoms with Gasteiger partial charge in [-0.25, -0.2) is 9.82 Å². The number of aliphatic hydroxyl groups excluding tert-OH is 1. The molecule has 6 nitrogen and oxygen atoms in total. The predicted octanol–water partition coefficient (Wildman–Crippen LogP) is 5.40. The van der Waals surface area contributed by atoms with Crippen molar-refractivity contribution in [3.8, 4) is 28.1 Å². The van der Waals surface area contributed by atoms with Gasteiger partial charge in [-0.1, -0.05) is 36.4 Å². The number of rotatable bonds is 6. The molecule has 2 atom stereocenters. The number of halogens is 1. The zero-order chi connectivity index (χ0) is 23.7. The molecule has 2 heterocycles. The minimum Gasteiger partial charge on any atom is -0.507 e. The second-order valence-electron chi connectivity index (χ2n) is 8.36. The molecule has 1 aliphatic rings. The second kappa shape index (κ2) is 9.13. The Bertz CT molecular complexity index is 1330. The van der Waals surface area contributed by atoms with Gasteiger partial charge < -0.3 is 21.0 Å². The summed E-state index contributed by atoms with van der Waals surface area (Å²) in [5.74, 6) is -0.505. The fraction of sp³-hybridized carbons (Fsp3) is 0.148. The molecule has 3 aromatic carbocycles. The molecule has 5 rings (SSSR count). The molecule has 0 saturated heterocycles. The van der Waals surface area contributed by atoms with Crippen molar-refractivity contribution in [2.45, 2.75) is 19.0 Å². The molecule has 172 valence electrons. The summed E-state index contributed by atoms with van der Waals surface area (Å²) in [6.07, 6.45) is 1.63. The largest absolute Gasteiger partial charge is 0.507 e. The standard InChI is InChI=1S/C27H25FN4O2/c1-16-21-11-18(7-9-24(21)32-31-16)22-13-20(30-25(15-33)17-5-3-2-4-6-17)14-29-27(22)23-12-19(28)8-10-26(23)34/h2-14,16,25,30-34H,15H2,1H3. The molecule has 0 saturated carbocycles. The number of phenols is 1. The van der Waals surface area contributed by atoms with Crippen LogP contribution in [0.25, 0.3) is 22.4 Å². The molecule has 1 aliphatic heterocycles. The monoisotopic (exact) mass is 456 g/mol. The number of aliphatic hydroxyl groups is 1. The maximum Gasteiger partial charge on any atom is 0.125 e. The molecule has 4 aromatic rings. The van der Waals surface area contributed by atoms with E-state index in [1.165, 1.54) is 18.2 Å². The van der Waals surface area contributed by atoms with Crippen molar-refractivity contribution in [3.05, 3.63) is 95.9 Å². The van der Waals surface area contributed by atoms with Gasteiger partial charge >= 0.3 is 0 Å². The molecule has 0 spiro atoms. The van der Waals surface area contributed by atoms with Crippen LogP contribution in [0, 0.1) is 5.82 Å². The molecule has 0 aliphatic carbocycles. The summed E-state index contributed by atoms with van der Waals surface area (Å²) in [5, 5.41) is 23.8. The van der Waals surface area contributed by atoms with Crippen LogP contribution in [0.2, 0.25) is 0 Å². The summed E-state index contributed by atoms with van der Waals surface area (Å²) in [6.45, 7) is 1.96. The predicted molar refractivity (Wildman–Crippen MR) is 132 cm³/mol. The number of aromatic hydroxyl groups is 1. The maximum atomic E-state index is 14.1. The van der Waals surface area contributed by atoms with E-state index in [2.05, 4.69) is 34.1 Å². The summed E-state index contributed by atoms with van der Waals surface area (Å²) in [6, 6.07) is 21.2. The van der Waals surface area contributed by atoms with Crippen molar-refractivity contribution in [2.24, 2.45) is 0 Å². The van der Waals surface area contributed by atoms with Gasteiger partial charge in [0.1, 0.15) is 11.6 Å². The highest BCUT2D eigenvalue weighted by Crippen LogP contribution is 2.40. The number of nitrogens with one attached hydrogen (secondary N) is 3. The molecule has 1 aromatic heterocycles. The number of phenolic OH excluding ortho intramolecular Hbond substituents is 1. The average Bonchev–Trinajstić information content (AvgIpc) is 3.24. The van der Waals surface area contributed by atoms with Crippen molar-refractivity contribution >= 4 is 11.4 Å². The number of hydrazine groups is 1. The highest BCUT2D eigenvalue weighted by Gasteiger charge is 2.21. The summed E-state index contributed by atoms with van der Waals surface area (Å²) in [4.78, 5) is 4.62. The van der Waals surface area contributed by atoms with E-state index in [1.807, 2.05) is 48.5 Å². The fourth-order valence-electron chi connectivity index (χ4n) is 4.26. The number of fused-ring (bicyclic) bond motifs is 1. The normalized spacial score (nSPS) is 15.4. The third kappa shape index (κ3) is 4.19. The number of benzene rings is 3. The summed E-state index contributed by atoms with van der Waals surface area (Å²) < 4.78 is 14.1. The van der Waals surface area contributed by atoms with E-state index in [-0.39, 0.29) is 24.4 Å². The first-order chi connectivity index (χ1) is 16.5. The van der Waals surface area contributed by atoms with E-state index in [0.29, 0.717) is 16.9 Å². The van der Waals surface area contributed by atoms with Crippen LogP contribution in [0.15, 0.2) is 79.0 Å². The molecule has 0 bridgehead atoms. The van der Waals surface area contributed by atoms with Gasteiger partial charge in [-0.15, -0.1) is 0 Å². The first kappa shape index (κ1) is 21.9. The van der Waals surface area contributed by atoms with Crippen LogP contribution in [-0.2, 0) is 0 Å². The second-order valence-corrected chi connectivity index (χ2v) is 8.36. The molecule has 34 heavy (non-hydrogen) atoms. The minimum absolute atomic E-state index is 0.0498. The lowest BCUT2D eigenvalue weighted by molar-refractivity contribution is 0.276. The highest BCUT2D eigenvalue weighted by atomic mass is 19.1. The van der Waals surface area contributed by atoms with Gasteiger partial charge in [0, 0.05) is 11.1 Å². The van der Waals surface area contributed by atoms with Crippen molar-refractivity contribution in [2.75, 3.05) is 17.3 Å². The third-order valence-corrected chi connectivity index (χ3v) is 6.08. The lowest BCUT2D eigenvalue weighted by Crippen LogP contribution is -2.15. The lowest BCUT2D eigenvalue weighted by Gasteiger charge is -2.20. The first-order valence-corrected chi connectivity index (χ1v) is 11.1. The van der Waals surface area contributed by atoms with Crippen LogP contribution in [-0.4, -0.2) is 21.8 Å². The molecule has 7 heteroatoms. The van der Waals surface area contributed by atoms with E-state index in [4.69, 9.17) is 0 Å². The Kier molecular flexibility index (Phi) is 5.88. The number of pyridine rings is 1. The van der Waals surface area contributed by atoms with Crippen molar-refractivity contribution in [1.29, 1.82) is 0 Å². The number of hydrogen-bond acceptors (Lipinski definition) is 6. The zero-order valence-corrected chi connectivity index (χ0v) is 18.6. The summed E-state index contributed by atoms with van der Waals surface area (Å²) in [7, 11) is 0. The van der Waals surface area contributed by atoms with Crippen LogP contribution in [0.5, 0.6) is 5.75 Å². The van der Waals surface area contributed by atoms with Gasteiger partial charge in [0.25, 0.3) is 0 Å². The molecule has 2 unspecified atom stereocenters. The Morgan fingerprint density at radius 1 is 1.03 bits per heavy atom. The average molecular weight is 457 g/mol. The van der Waals surface area contributed by atoms with Crippen LogP contribution in [0.4, 0.5) is 15.8 Å². The van der Waals surface area contributed by atoms with Gasteiger partial charge in [-0.05, 0) is 60.0 Å². The van der Waals surface area contributed by atoms with Gasteiger partial charge in [0.15, 0.2) is 0 Å². The van der Waals surface area contributed by atoms with Crippen molar-refractivity contribution in [1.82, 2.24) is 10.4 Å². The minimum atomic E-state index is -0.455. The smallest absolute Gasteiger partial charge is 0.125 e. The van der Waals surface area contributed by atoms with Crippen molar-refractivity contribution < 1.29 is 14.6 Å². The number of hydrogen-bond donors (Lipinski definition) is 5. The van der Waals surface area contributed by atoms with Gasteiger partial charge in [0.05, 0.1) is 42.0 Å². The Morgan fingerprint density at radius 2 is 1.85 bits per heavy atom. The highest BCUT2D eigenvalue weighted by molar-refractivity contribution is 5.86. The molecule has 0 amide bonds. The fourth-order valence-corrected chi connectivity index (χ4v) is 4.26. The van der Waals surface area contributed by atoms with Gasteiger partial charge in [-0.2, -0.15) is 0 Å². The molecule has 5 N–H and O–H groups in total. The van der Waals surface area contributed by atoms with Crippen LogP contribution < -0.4 is 16.2 Å². The Morgan fingerprint density at radius 3 is 2.65 bits per heavy atom. The van der Waals surface area contributed by atoms with Crippen LogP contribution >= 0.6 is 0 Å². The van der Waals surface area contributed by atoms with Gasteiger partial charge in [0.2, 0.25) is 0 Å². The molecular formula is C27H25FN4O2. The quantitative estimate of drug-likeness (QED) is 0.267. The Balaban J connectivity index is 1.62. The number of nitrogens with zero attached hydrogens (tertiary/aromatic N) is 1. The van der Waals surface area contributed by atoms with Gasteiger partial charge in [-0.3, -0.25) is 4.98 Å². The third-order valence-electron chi connectivity index (χ3n) is 6.08. The Labute approximate surface area is 197 Å². The lowest BCUT2D eigenvalue weighted by atomic mass is 9.95. The van der Waals surface area contributed by atoms with E-state index < -0.39 is 5.82 Å². The zero-order valence-electron chi connectivity index (χ0n) is 18.6. The van der Waals surface area contributed by atoms with Crippen LogP contribution in [0.3, 0.4) is 0 Å². The van der Waals surface area contributed by atoms with Crippen molar-refractivity contribution in [3.63, 3.8) is 0 Å². The van der Waals surface area contributed by atoms with E-state index >= 15 is 0 Å². The number of aromatic nitrogens is 1. The summed E-state index contributed by atoms with van der Waals surface area (Å²) in [5.41, 5.74) is 12.5. The number of anilines is 2. The topological polar surface area (TPSA) is 89.4 Å². The maximum absolute atomic E-state index is 14.1. The van der Waals surface area contributed by atoms with E-state index in [0.717, 1.165) is 27.9 Å². The summed E-state index contributed by atoms with van der Waals surface area (Å²) >= 11 is 0. The van der Waals surface area contributed by atoms with Crippen LogP contribution in [0.1, 0.15) is 30.1 Å². The molecule has 0 fully saturated rings. The molecule has 0 radical (unpaired) electrons.